The largest absolute Gasteiger partial charge is 0.462 e. The number of nitrogens with zero attached hydrogens (tertiary/aromatic N) is 2. The third kappa shape index (κ3) is 5.59. The zero-order valence-electron chi connectivity index (χ0n) is 15.8. The number of thiazole rings is 1. The number of benzene rings is 1. The van der Waals surface area contributed by atoms with Crippen LogP contribution in [0.5, 0.6) is 0 Å². The fourth-order valence-corrected chi connectivity index (χ4v) is 2.86. The van der Waals surface area contributed by atoms with Gasteiger partial charge in [-0.25, -0.2) is 9.78 Å². The molecule has 0 atom stereocenters. The van der Waals surface area contributed by atoms with E-state index in [9.17, 15) is 9.59 Å². The van der Waals surface area contributed by atoms with Crippen LogP contribution < -0.4 is 5.32 Å². The van der Waals surface area contributed by atoms with Crippen LogP contribution in [0.4, 0.5) is 5.69 Å². The number of nitrogens with one attached hydrogen (secondary N) is 1. The molecule has 2 rings (SSSR count). The van der Waals surface area contributed by atoms with Gasteiger partial charge in [0.1, 0.15) is 5.01 Å². The molecule has 0 fully saturated rings. The lowest BCUT2D eigenvalue weighted by atomic mass is 10.0. The maximum absolute atomic E-state index is 12.1. The molecule has 1 amide bonds. The molecule has 1 N–H and O–H groups in total. The van der Waals surface area contributed by atoms with E-state index in [1.165, 1.54) is 17.4 Å². The van der Waals surface area contributed by atoms with Gasteiger partial charge < -0.3 is 10.1 Å². The minimum atomic E-state index is -0.502. The number of aliphatic imine (C=N–C) groups is 1. The van der Waals surface area contributed by atoms with Gasteiger partial charge in [0.05, 0.1) is 17.9 Å². The Morgan fingerprint density at radius 1 is 1.39 bits per heavy atom. The van der Waals surface area contributed by atoms with Crippen LogP contribution in [0.1, 0.15) is 24.4 Å². The van der Waals surface area contributed by atoms with Crippen molar-refractivity contribution in [3.63, 3.8) is 0 Å². The molecular formula is C21H21N3O3S. The first kappa shape index (κ1) is 21.0. The van der Waals surface area contributed by atoms with Crippen LogP contribution in [0.15, 0.2) is 64.6 Å². The van der Waals surface area contributed by atoms with Crippen LogP contribution in [-0.4, -0.2) is 30.2 Å². The van der Waals surface area contributed by atoms with Crippen LogP contribution in [-0.2, 0) is 14.3 Å². The van der Waals surface area contributed by atoms with Gasteiger partial charge in [0.2, 0.25) is 5.91 Å². The molecule has 0 saturated heterocycles. The van der Waals surface area contributed by atoms with Crippen LogP contribution >= 0.6 is 11.3 Å². The lowest BCUT2D eigenvalue weighted by Gasteiger charge is -2.11. The minimum Gasteiger partial charge on any atom is -0.462 e. The van der Waals surface area contributed by atoms with Gasteiger partial charge in [0.15, 0.2) is 0 Å². The summed E-state index contributed by atoms with van der Waals surface area (Å²) in [6, 6.07) is 7.10. The molecule has 1 heterocycles. The van der Waals surface area contributed by atoms with Gasteiger partial charge in [-0.15, -0.1) is 11.3 Å². The maximum Gasteiger partial charge on any atom is 0.337 e. The molecule has 0 bridgehead atoms. The molecule has 1 aromatic carbocycles. The van der Waals surface area contributed by atoms with Crippen molar-refractivity contribution in [1.82, 2.24) is 4.98 Å². The summed E-state index contributed by atoms with van der Waals surface area (Å²) in [5, 5.41) is 5.37. The molecule has 0 saturated carbocycles. The van der Waals surface area contributed by atoms with Crippen molar-refractivity contribution in [3.8, 4) is 0 Å². The highest BCUT2D eigenvalue weighted by molar-refractivity contribution is 7.10. The van der Waals surface area contributed by atoms with E-state index in [-0.39, 0.29) is 18.1 Å². The minimum absolute atomic E-state index is 0.213. The first-order valence-corrected chi connectivity index (χ1v) is 9.37. The number of rotatable bonds is 8. The molecule has 0 spiro atoms. The summed E-state index contributed by atoms with van der Waals surface area (Å²) in [6.07, 6.45) is 4.74. The van der Waals surface area contributed by atoms with Gasteiger partial charge in [-0.1, -0.05) is 18.7 Å². The highest BCUT2D eigenvalue weighted by Crippen LogP contribution is 2.26. The normalized spacial score (nSPS) is 11.6. The summed E-state index contributed by atoms with van der Waals surface area (Å²) < 4.78 is 4.99. The third-order valence-electron chi connectivity index (χ3n) is 3.72. The predicted octanol–water partition coefficient (Wildman–Crippen LogP) is 4.35. The van der Waals surface area contributed by atoms with Gasteiger partial charge in [0, 0.05) is 28.9 Å². The van der Waals surface area contributed by atoms with E-state index in [0.29, 0.717) is 22.5 Å². The molecule has 144 valence electrons. The van der Waals surface area contributed by atoms with E-state index in [2.05, 4.69) is 28.6 Å². The second kappa shape index (κ2) is 10.1. The molecule has 2 aromatic rings. The summed E-state index contributed by atoms with van der Waals surface area (Å²) in [4.78, 5) is 32.2. The third-order valence-corrected chi connectivity index (χ3v) is 4.46. The molecule has 0 aliphatic heterocycles. The summed E-state index contributed by atoms with van der Waals surface area (Å²) in [5.41, 5.74) is 2.54. The topological polar surface area (TPSA) is 80.6 Å². The second-order valence-corrected chi connectivity index (χ2v) is 6.53. The Kier molecular flexibility index (Phi) is 7.59. The second-order valence-electron chi connectivity index (χ2n) is 5.60. The number of ether oxygens (including phenoxy) is 1. The number of aromatic nitrogens is 1. The zero-order valence-corrected chi connectivity index (χ0v) is 16.6. The lowest BCUT2D eigenvalue weighted by Crippen LogP contribution is -2.09. The van der Waals surface area contributed by atoms with Crippen LogP contribution in [0.3, 0.4) is 0 Å². The molecule has 0 unspecified atom stereocenters. The number of anilines is 1. The fraction of sp³-hybridized carbons (Fsp3) is 0.143. The Bertz CT molecular complexity index is 944. The van der Waals surface area contributed by atoms with E-state index in [1.807, 2.05) is 11.4 Å². The van der Waals surface area contributed by atoms with Crippen molar-refractivity contribution >= 4 is 47.4 Å². The molecule has 7 heteroatoms. The average Bonchev–Trinajstić information content (AvgIpc) is 3.20. The first-order chi connectivity index (χ1) is 13.5. The van der Waals surface area contributed by atoms with Crippen molar-refractivity contribution in [2.75, 3.05) is 11.9 Å². The Hall–Kier alpha value is -3.32. The van der Waals surface area contributed by atoms with Crippen molar-refractivity contribution in [3.05, 3.63) is 70.2 Å². The summed E-state index contributed by atoms with van der Waals surface area (Å²) >= 11 is 1.44. The Morgan fingerprint density at radius 2 is 2.18 bits per heavy atom. The van der Waals surface area contributed by atoms with E-state index >= 15 is 0 Å². The smallest absolute Gasteiger partial charge is 0.337 e. The van der Waals surface area contributed by atoms with Crippen LogP contribution in [0.2, 0.25) is 0 Å². The van der Waals surface area contributed by atoms with E-state index in [4.69, 9.17) is 4.74 Å². The quantitative estimate of drug-likeness (QED) is 0.312. The van der Waals surface area contributed by atoms with Gasteiger partial charge in [-0.05, 0) is 44.3 Å². The van der Waals surface area contributed by atoms with Crippen molar-refractivity contribution in [2.45, 2.75) is 13.8 Å². The summed E-state index contributed by atoms with van der Waals surface area (Å²) in [5.74, 6) is -0.782. The van der Waals surface area contributed by atoms with Crippen LogP contribution in [0, 0.1) is 0 Å². The molecular weight excluding hydrogens is 374 g/mol. The monoisotopic (exact) mass is 395 g/mol. The molecule has 6 nitrogen and oxygen atoms in total. The van der Waals surface area contributed by atoms with Gasteiger partial charge >= 0.3 is 5.97 Å². The number of hydrogen-bond acceptors (Lipinski definition) is 6. The van der Waals surface area contributed by atoms with Gasteiger partial charge in [-0.2, -0.15) is 0 Å². The van der Waals surface area contributed by atoms with Gasteiger partial charge in [-0.3, -0.25) is 9.79 Å². The van der Waals surface area contributed by atoms with Crippen molar-refractivity contribution < 1.29 is 14.3 Å². The highest BCUT2D eigenvalue weighted by Gasteiger charge is 2.15. The molecule has 0 aliphatic carbocycles. The van der Waals surface area contributed by atoms with Crippen molar-refractivity contribution in [2.24, 2.45) is 4.99 Å². The predicted molar refractivity (Wildman–Crippen MR) is 114 cm³/mol. The standard InChI is InChI=1S/C21H21N3O3S/c1-5-27-21(26)15(3)14(2)20(22-4)16-7-6-8-17(13-16)24-18(25)9-10-19-23-11-12-28-19/h6-13H,3-5H2,1-2H3,(H,24,25)/b10-9+,20-14+. The van der Waals surface area contributed by atoms with E-state index < -0.39 is 5.97 Å². The number of carbonyl (C=O) groups is 2. The number of carbonyl (C=O) groups excluding carboxylic acids is 2. The number of amides is 1. The van der Waals surface area contributed by atoms with Gasteiger partial charge in [0.25, 0.3) is 0 Å². The first-order valence-electron chi connectivity index (χ1n) is 8.49. The number of esters is 1. The Balaban J connectivity index is 2.21. The number of hydrogen-bond donors (Lipinski definition) is 1. The average molecular weight is 395 g/mol. The SMILES string of the molecule is C=N/C(=C(\C)C(=C)C(=O)OCC)c1cccc(NC(=O)/C=C/c2nccs2)c1. The molecule has 1 aromatic heterocycles. The molecule has 0 aliphatic rings. The van der Waals surface area contributed by atoms with E-state index in [0.717, 1.165) is 5.01 Å². The fourth-order valence-electron chi connectivity index (χ4n) is 2.33. The Labute approximate surface area is 168 Å². The summed E-state index contributed by atoms with van der Waals surface area (Å²) in [6.45, 7) is 11.1. The van der Waals surface area contributed by atoms with Crippen molar-refractivity contribution in [1.29, 1.82) is 0 Å². The lowest BCUT2D eigenvalue weighted by molar-refractivity contribution is -0.138. The Morgan fingerprint density at radius 3 is 2.82 bits per heavy atom. The summed E-state index contributed by atoms with van der Waals surface area (Å²) in [7, 11) is 0. The zero-order chi connectivity index (χ0) is 20.5. The maximum atomic E-state index is 12.1. The molecule has 0 radical (unpaired) electrons. The molecule has 28 heavy (non-hydrogen) atoms. The van der Waals surface area contributed by atoms with E-state index in [1.54, 1.807) is 44.3 Å². The van der Waals surface area contributed by atoms with Crippen LogP contribution in [0.25, 0.3) is 11.8 Å². The highest BCUT2D eigenvalue weighted by atomic mass is 32.1.